The van der Waals surface area contributed by atoms with Crippen LogP contribution in [0.5, 0.6) is 5.75 Å². The Morgan fingerprint density at radius 3 is 2.48 bits per heavy atom. The standard InChI is InChI=1S/C18H14O4S2.K.H/c19-8-9-21-17(20)24-18(23)22-16-7-3-6-14-10-12-4-1-2-5-13(12)11-15(14)16;;/h1-7,10-11,19H,8-9H2;;/q;+1;-1. The van der Waals surface area contributed by atoms with Crippen LogP contribution in [0.4, 0.5) is 4.79 Å². The van der Waals surface area contributed by atoms with Crippen molar-refractivity contribution in [3.8, 4) is 5.75 Å². The van der Waals surface area contributed by atoms with Crippen molar-refractivity contribution in [1.82, 2.24) is 0 Å². The molecule has 0 radical (unpaired) electrons. The Bertz CT molecular complexity index is 920. The molecular formula is C18H15KO4S2. The summed E-state index contributed by atoms with van der Waals surface area (Å²) >= 11 is 5.78. The molecule has 0 bridgehead atoms. The fourth-order valence-electron chi connectivity index (χ4n) is 2.36. The van der Waals surface area contributed by atoms with E-state index in [4.69, 9.17) is 26.8 Å². The molecule has 3 aromatic rings. The van der Waals surface area contributed by atoms with E-state index >= 15 is 0 Å². The van der Waals surface area contributed by atoms with Gasteiger partial charge in [-0.3, -0.25) is 0 Å². The summed E-state index contributed by atoms with van der Waals surface area (Å²) in [5.74, 6) is 0.589. The molecule has 0 fully saturated rings. The van der Waals surface area contributed by atoms with Gasteiger partial charge >= 0.3 is 56.7 Å². The molecule has 0 amide bonds. The summed E-state index contributed by atoms with van der Waals surface area (Å²) in [6.45, 7) is -0.287. The van der Waals surface area contributed by atoms with Crippen LogP contribution in [0.15, 0.2) is 54.6 Å². The maximum Gasteiger partial charge on any atom is 1.00 e. The van der Waals surface area contributed by atoms with Gasteiger partial charge in [0, 0.05) is 17.1 Å². The molecule has 0 aliphatic heterocycles. The second kappa shape index (κ2) is 9.99. The minimum atomic E-state index is -0.597. The number of ether oxygens (including phenoxy) is 2. The molecule has 3 rings (SSSR count). The third kappa shape index (κ3) is 5.48. The SMILES string of the molecule is O=C(OCCO)SC(=S)Oc1cccc2cc3ccccc3cc12.[H-].[K+]. The number of carbonyl (C=O) groups is 1. The van der Waals surface area contributed by atoms with Crippen LogP contribution in [-0.2, 0) is 4.74 Å². The molecule has 0 aliphatic carbocycles. The number of benzene rings is 3. The molecule has 124 valence electrons. The van der Waals surface area contributed by atoms with Crippen LogP contribution < -0.4 is 56.1 Å². The number of fused-ring (bicyclic) bond motifs is 2. The van der Waals surface area contributed by atoms with Gasteiger partial charge in [-0.2, -0.15) is 0 Å². The summed E-state index contributed by atoms with van der Waals surface area (Å²) in [4.78, 5) is 11.5. The van der Waals surface area contributed by atoms with Gasteiger partial charge < -0.3 is 16.0 Å². The van der Waals surface area contributed by atoms with Gasteiger partial charge in [0.25, 0.3) is 0 Å². The number of carbonyl (C=O) groups excluding carboxylic acids is 1. The fourth-order valence-corrected chi connectivity index (χ4v) is 3.07. The first-order valence-corrected chi connectivity index (χ1v) is 8.48. The molecule has 0 aliphatic rings. The van der Waals surface area contributed by atoms with Gasteiger partial charge in [0.2, 0.25) is 4.38 Å². The predicted octanol–water partition coefficient (Wildman–Crippen LogP) is 1.64. The van der Waals surface area contributed by atoms with Crippen LogP contribution >= 0.6 is 24.0 Å². The number of aliphatic hydroxyl groups excluding tert-OH is 1. The smallest absolute Gasteiger partial charge is 1.00 e. The molecule has 4 nitrogen and oxygen atoms in total. The Hall–Kier alpha value is -0.514. The molecule has 0 saturated carbocycles. The summed E-state index contributed by atoms with van der Waals surface area (Å²) in [5.41, 5.74) is 0. The van der Waals surface area contributed by atoms with E-state index in [0.29, 0.717) is 17.5 Å². The van der Waals surface area contributed by atoms with Gasteiger partial charge in [0.15, 0.2) is 0 Å². The topological polar surface area (TPSA) is 55.8 Å². The summed E-state index contributed by atoms with van der Waals surface area (Å²) in [6.07, 6.45) is 0. The quantitative estimate of drug-likeness (QED) is 0.313. The first kappa shape index (κ1) is 20.8. The average Bonchev–Trinajstić information content (AvgIpc) is 2.58. The number of thioether (sulfide) groups is 1. The number of rotatable bonds is 3. The van der Waals surface area contributed by atoms with E-state index in [1.807, 2.05) is 42.5 Å². The Kier molecular flexibility index (Phi) is 8.31. The third-order valence-corrected chi connectivity index (χ3v) is 4.25. The van der Waals surface area contributed by atoms with Crippen LogP contribution in [-0.4, -0.2) is 28.0 Å². The predicted molar refractivity (Wildman–Crippen MR) is 102 cm³/mol. The van der Waals surface area contributed by atoms with Gasteiger partial charge in [-0.1, -0.05) is 36.4 Å². The molecule has 3 aromatic carbocycles. The second-order valence-electron chi connectivity index (χ2n) is 4.95. The number of aliphatic hydroxyl groups is 1. The molecule has 0 aromatic heterocycles. The Morgan fingerprint density at radius 2 is 1.76 bits per heavy atom. The minimum Gasteiger partial charge on any atom is -1.00 e. The summed E-state index contributed by atoms with van der Waals surface area (Å²) in [5, 5.41) is 12.2. The van der Waals surface area contributed by atoms with Crippen molar-refractivity contribution in [3.05, 3.63) is 54.6 Å². The van der Waals surface area contributed by atoms with Crippen LogP contribution in [0.25, 0.3) is 21.5 Å². The van der Waals surface area contributed by atoms with Crippen LogP contribution in [0.1, 0.15) is 1.43 Å². The van der Waals surface area contributed by atoms with E-state index in [-0.39, 0.29) is 70.4 Å². The molecule has 25 heavy (non-hydrogen) atoms. The van der Waals surface area contributed by atoms with Gasteiger partial charge in [-0.25, -0.2) is 4.79 Å². The second-order valence-corrected chi connectivity index (χ2v) is 6.49. The van der Waals surface area contributed by atoms with Crippen molar-refractivity contribution in [2.45, 2.75) is 0 Å². The number of thiocarbonyl (C=S) groups is 1. The summed E-state index contributed by atoms with van der Waals surface area (Å²) in [6, 6.07) is 17.9. The van der Waals surface area contributed by atoms with Gasteiger partial charge in [-0.05, 0) is 46.6 Å². The zero-order valence-corrected chi connectivity index (χ0v) is 18.4. The van der Waals surface area contributed by atoms with Crippen molar-refractivity contribution in [2.24, 2.45) is 0 Å². The largest absolute Gasteiger partial charge is 1.00 e. The van der Waals surface area contributed by atoms with Crippen molar-refractivity contribution in [1.29, 1.82) is 0 Å². The fraction of sp³-hybridized carbons (Fsp3) is 0.111. The molecule has 0 heterocycles. The summed E-state index contributed by atoms with van der Waals surface area (Å²) < 4.78 is 10.5. The van der Waals surface area contributed by atoms with Crippen molar-refractivity contribution < 1.29 is 72.2 Å². The van der Waals surface area contributed by atoms with E-state index in [1.165, 1.54) is 0 Å². The molecule has 1 N–H and O–H groups in total. The van der Waals surface area contributed by atoms with Crippen molar-refractivity contribution in [2.75, 3.05) is 13.2 Å². The Labute approximate surface area is 198 Å². The molecule has 0 saturated heterocycles. The Balaban J connectivity index is 0.00000169. The molecular weight excluding hydrogens is 383 g/mol. The zero-order chi connectivity index (χ0) is 16.9. The van der Waals surface area contributed by atoms with Crippen molar-refractivity contribution >= 4 is 55.2 Å². The normalized spacial score (nSPS) is 10.3. The van der Waals surface area contributed by atoms with Crippen LogP contribution in [0.3, 0.4) is 0 Å². The van der Waals surface area contributed by atoms with Gasteiger partial charge in [0.1, 0.15) is 12.4 Å². The summed E-state index contributed by atoms with van der Waals surface area (Å²) in [7, 11) is 0. The molecule has 0 spiro atoms. The first-order valence-electron chi connectivity index (χ1n) is 7.26. The maximum absolute atomic E-state index is 11.5. The molecule has 0 unspecified atom stereocenters. The monoisotopic (exact) mass is 398 g/mol. The van der Waals surface area contributed by atoms with Gasteiger partial charge in [-0.15, -0.1) is 0 Å². The van der Waals surface area contributed by atoms with E-state index in [0.717, 1.165) is 21.5 Å². The van der Waals surface area contributed by atoms with Gasteiger partial charge in [0.05, 0.1) is 6.61 Å². The van der Waals surface area contributed by atoms with Crippen molar-refractivity contribution in [3.63, 3.8) is 0 Å². The molecule has 7 heteroatoms. The average molecular weight is 399 g/mol. The molecule has 0 atom stereocenters. The van der Waals surface area contributed by atoms with E-state index in [1.54, 1.807) is 0 Å². The maximum atomic E-state index is 11.5. The van der Waals surface area contributed by atoms with Crippen LogP contribution in [0.2, 0.25) is 0 Å². The minimum absolute atomic E-state index is 0. The number of hydrogen-bond donors (Lipinski definition) is 1. The number of hydrogen-bond acceptors (Lipinski definition) is 6. The first-order chi connectivity index (χ1) is 11.7. The van der Waals surface area contributed by atoms with E-state index in [2.05, 4.69) is 12.1 Å². The van der Waals surface area contributed by atoms with E-state index < -0.39 is 5.30 Å². The third-order valence-electron chi connectivity index (χ3n) is 3.38. The Morgan fingerprint density at radius 1 is 1.08 bits per heavy atom. The zero-order valence-electron chi connectivity index (χ0n) is 14.6. The van der Waals surface area contributed by atoms with E-state index in [9.17, 15) is 4.79 Å². The van der Waals surface area contributed by atoms with Crippen LogP contribution in [0, 0.1) is 0 Å².